The number of hydrogen-bond acceptors (Lipinski definition) is 3. The maximum absolute atomic E-state index is 13.0. The Labute approximate surface area is 145 Å². The van der Waals surface area contributed by atoms with E-state index in [2.05, 4.69) is 6.92 Å². The summed E-state index contributed by atoms with van der Waals surface area (Å²) >= 11 is 0. The molecule has 5 nitrogen and oxygen atoms in total. The smallest absolute Gasteiger partial charge is 0.246 e. The molecule has 1 aromatic carbocycles. The lowest BCUT2D eigenvalue weighted by Crippen LogP contribution is -2.52. The number of sulfonamides is 1. The van der Waals surface area contributed by atoms with E-state index in [1.165, 1.54) is 10.6 Å². The molecule has 1 aromatic rings. The zero-order valence-electron chi connectivity index (χ0n) is 15.0. The SMILES string of the molecule is CC[C@H](C(=O)N1CCC(C)CC1)N(c1ccc(C)cc1)S(C)(=O)=O. The second kappa shape index (κ2) is 7.55. The van der Waals surface area contributed by atoms with Crippen LogP contribution in [0, 0.1) is 12.8 Å². The third-order valence-corrected chi connectivity index (χ3v) is 5.88. The summed E-state index contributed by atoms with van der Waals surface area (Å²) in [5.41, 5.74) is 1.60. The number of rotatable bonds is 5. The van der Waals surface area contributed by atoms with Crippen LogP contribution in [-0.4, -0.2) is 44.6 Å². The standard InChI is InChI=1S/C18H28N2O3S/c1-5-17(18(21)19-12-10-15(3)11-13-19)20(24(4,22)23)16-8-6-14(2)7-9-16/h6-9,15,17H,5,10-13H2,1-4H3/t17-/m1/s1. The van der Waals surface area contributed by atoms with Gasteiger partial charge >= 0.3 is 0 Å². The van der Waals surface area contributed by atoms with Crippen molar-refractivity contribution in [1.29, 1.82) is 0 Å². The van der Waals surface area contributed by atoms with Gasteiger partial charge in [0.15, 0.2) is 0 Å². The first kappa shape index (κ1) is 18.8. The molecule has 1 atom stereocenters. The predicted molar refractivity (Wildman–Crippen MR) is 97.6 cm³/mol. The van der Waals surface area contributed by atoms with Crippen LogP contribution in [-0.2, 0) is 14.8 Å². The van der Waals surface area contributed by atoms with E-state index < -0.39 is 16.1 Å². The third-order valence-electron chi connectivity index (χ3n) is 4.70. The summed E-state index contributed by atoms with van der Waals surface area (Å²) in [4.78, 5) is 14.8. The summed E-state index contributed by atoms with van der Waals surface area (Å²) in [6.07, 6.45) is 3.57. The van der Waals surface area contributed by atoms with Crippen LogP contribution in [0.15, 0.2) is 24.3 Å². The average Bonchev–Trinajstić information content (AvgIpc) is 2.52. The molecule has 0 aliphatic carbocycles. The van der Waals surface area contributed by atoms with Crippen molar-refractivity contribution in [1.82, 2.24) is 4.90 Å². The minimum absolute atomic E-state index is 0.0876. The Morgan fingerprint density at radius 3 is 2.25 bits per heavy atom. The number of hydrogen-bond donors (Lipinski definition) is 0. The highest BCUT2D eigenvalue weighted by Crippen LogP contribution is 2.25. The lowest BCUT2D eigenvalue weighted by atomic mass is 9.98. The number of benzene rings is 1. The van der Waals surface area contributed by atoms with Gasteiger partial charge in [-0.3, -0.25) is 9.10 Å². The summed E-state index contributed by atoms with van der Waals surface area (Å²) in [6, 6.07) is 6.59. The van der Waals surface area contributed by atoms with Gasteiger partial charge in [0, 0.05) is 13.1 Å². The molecule has 0 spiro atoms. The maximum Gasteiger partial charge on any atom is 0.246 e. The van der Waals surface area contributed by atoms with E-state index in [0.717, 1.165) is 18.4 Å². The first-order chi connectivity index (χ1) is 11.2. The number of carbonyl (C=O) groups excluding carboxylic acids is 1. The molecule has 6 heteroatoms. The zero-order chi connectivity index (χ0) is 17.9. The molecule has 1 saturated heterocycles. The molecule has 1 amide bonds. The van der Waals surface area contributed by atoms with Gasteiger partial charge in [0.1, 0.15) is 6.04 Å². The highest BCUT2D eigenvalue weighted by Gasteiger charge is 2.35. The average molecular weight is 353 g/mol. The van der Waals surface area contributed by atoms with Gasteiger partial charge in [-0.25, -0.2) is 8.42 Å². The molecule has 0 saturated carbocycles. The van der Waals surface area contributed by atoms with E-state index in [1.807, 2.05) is 30.9 Å². The molecule has 1 aliphatic rings. The summed E-state index contributed by atoms with van der Waals surface area (Å²) in [5.74, 6) is 0.535. The van der Waals surface area contributed by atoms with E-state index in [-0.39, 0.29) is 5.91 Å². The fraction of sp³-hybridized carbons (Fsp3) is 0.611. The number of carbonyl (C=O) groups is 1. The monoisotopic (exact) mass is 352 g/mol. The quantitative estimate of drug-likeness (QED) is 0.819. The third kappa shape index (κ3) is 4.29. The molecule has 1 aliphatic heterocycles. The summed E-state index contributed by atoms with van der Waals surface area (Å²) in [5, 5.41) is 0. The first-order valence-corrected chi connectivity index (χ1v) is 10.4. The van der Waals surface area contributed by atoms with E-state index in [4.69, 9.17) is 0 Å². The Morgan fingerprint density at radius 2 is 1.79 bits per heavy atom. The molecule has 2 rings (SSSR count). The minimum Gasteiger partial charge on any atom is -0.341 e. The van der Waals surface area contributed by atoms with Crippen LogP contribution in [0.25, 0.3) is 0 Å². The molecule has 24 heavy (non-hydrogen) atoms. The number of piperidine rings is 1. The highest BCUT2D eigenvalue weighted by atomic mass is 32.2. The molecular formula is C18H28N2O3S. The van der Waals surface area contributed by atoms with Crippen molar-refractivity contribution in [3.63, 3.8) is 0 Å². The van der Waals surface area contributed by atoms with Gasteiger partial charge in [-0.05, 0) is 44.2 Å². The molecule has 134 valence electrons. The number of likely N-dealkylation sites (tertiary alicyclic amines) is 1. The van der Waals surface area contributed by atoms with Crippen molar-refractivity contribution in [2.24, 2.45) is 5.92 Å². The van der Waals surface area contributed by atoms with Gasteiger partial charge in [0.2, 0.25) is 15.9 Å². The van der Waals surface area contributed by atoms with E-state index in [0.29, 0.717) is 31.1 Å². The Balaban J connectivity index is 2.32. The Bertz CT molecular complexity index is 662. The van der Waals surface area contributed by atoms with E-state index >= 15 is 0 Å². The van der Waals surface area contributed by atoms with Gasteiger partial charge in [0.25, 0.3) is 0 Å². The lowest BCUT2D eigenvalue weighted by Gasteiger charge is -2.37. The lowest BCUT2D eigenvalue weighted by molar-refractivity contribution is -0.133. The van der Waals surface area contributed by atoms with Gasteiger partial charge in [0.05, 0.1) is 11.9 Å². The van der Waals surface area contributed by atoms with Crippen molar-refractivity contribution < 1.29 is 13.2 Å². The normalized spacial score (nSPS) is 17.6. The fourth-order valence-corrected chi connectivity index (χ4v) is 4.38. The van der Waals surface area contributed by atoms with Crippen molar-refractivity contribution >= 4 is 21.6 Å². The van der Waals surface area contributed by atoms with Crippen molar-refractivity contribution in [3.05, 3.63) is 29.8 Å². The van der Waals surface area contributed by atoms with Crippen LogP contribution in [0.3, 0.4) is 0 Å². The summed E-state index contributed by atoms with van der Waals surface area (Å²) in [6.45, 7) is 7.42. The van der Waals surface area contributed by atoms with Gasteiger partial charge in [-0.2, -0.15) is 0 Å². The van der Waals surface area contributed by atoms with Crippen LogP contribution < -0.4 is 4.31 Å². The maximum atomic E-state index is 13.0. The van der Waals surface area contributed by atoms with Crippen LogP contribution in [0.1, 0.15) is 38.7 Å². The molecule has 0 aromatic heterocycles. The Hall–Kier alpha value is -1.56. The van der Waals surface area contributed by atoms with Crippen LogP contribution >= 0.6 is 0 Å². The molecule has 1 heterocycles. The predicted octanol–water partition coefficient (Wildman–Crippen LogP) is 2.80. The molecule has 0 unspecified atom stereocenters. The second-order valence-corrected chi connectivity index (χ2v) is 8.69. The molecular weight excluding hydrogens is 324 g/mol. The van der Waals surface area contributed by atoms with Crippen molar-refractivity contribution in [2.45, 2.75) is 46.1 Å². The van der Waals surface area contributed by atoms with Crippen LogP contribution in [0.2, 0.25) is 0 Å². The van der Waals surface area contributed by atoms with Gasteiger partial charge in [-0.1, -0.05) is 31.5 Å². The number of amides is 1. The topological polar surface area (TPSA) is 57.7 Å². The van der Waals surface area contributed by atoms with Crippen molar-refractivity contribution in [3.8, 4) is 0 Å². The largest absolute Gasteiger partial charge is 0.341 e. The Morgan fingerprint density at radius 1 is 1.25 bits per heavy atom. The first-order valence-electron chi connectivity index (χ1n) is 8.59. The minimum atomic E-state index is -3.55. The highest BCUT2D eigenvalue weighted by molar-refractivity contribution is 7.92. The van der Waals surface area contributed by atoms with E-state index in [1.54, 1.807) is 12.1 Å². The molecule has 0 radical (unpaired) electrons. The van der Waals surface area contributed by atoms with Crippen molar-refractivity contribution in [2.75, 3.05) is 23.7 Å². The number of aryl methyl sites for hydroxylation is 1. The number of nitrogens with zero attached hydrogens (tertiary/aromatic N) is 2. The Kier molecular flexibility index (Phi) is 5.91. The van der Waals surface area contributed by atoms with Gasteiger partial charge < -0.3 is 4.90 Å². The molecule has 0 bridgehead atoms. The number of anilines is 1. The summed E-state index contributed by atoms with van der Waals surface area (Å²) < 4.78 is 26.1. The fourth-order valence-electron chi connectivity index (χ4n) is 3.17. The molecule has 1 fully saturated rings. The van der Waals surface area contributed by atoms with Crippen LogP contribution in [0.5, 0.6) is 0 Å². The van der Waals surface area contributed by atoms with E-state index in [9.17, 15) is 13.2 Å². The summed E-state index contributed by atoms with van der Waals surface area (Å²) in [7, 11) is -3.55. The van der Waals surface area contributed by atoms with Crippen LogP contribution in [0.4, 0.5) is 5.69 Å². The molecule has 0 N–H and O–H groups in total. The van der Waals surface area contributed by atoms with Gasteiger partial charge in [-0.15, -0.1) is 0 Å². The second-order valence-electron chi connectivity index (χ2n) is 6.83. The zero-order valence-corrected chi connectivity index (χ0v) is 15.8.